The topological polar surface area (TPSA) is 94.0 Å². The van der Waals surface area contributed by atoms with Crippen molar-refractivity contribution in [2.24, 2.45) is 0 Å². The Kier molecular flexibility index (Phi) is 4.48. The van der Waals surface area contributed by atoms with Crippen molar-refractivity contribution in [3.8, 4) is 17.0 Å². The van der Waals surface area contributed by atoms with E-state index in [9.17, 15) is 4.79 Å². The molecule has 3 aromatic heterocycles. The second-order valence-electron chi connectivity index (χ2n) is 6.75. The maximum atomic E-state index is 12.7. The average Bonchev–Trinajstić information content (AvgIpc) is 3.13. The number of aromatic nitrogens is 4. The number of nitrogens with zero attached hydrogens (tertiary/aromatic N) is 4. The third-order valence-electron chi connectivity index (χ3n) is 5.01. The lowest BCUT2D eigenvalue weighted by atomic mass is 10.1. The molecule has 0 unspecified atom stereocenters. The van der Waals surface area contributed by atoms with E-state index in [1.54, 1.807) is 36.4 Å². The Morgan fingerprint density at radius 2 is 2.13 bits per heavy atom. The normalized spacial score (nSPS) is 13.1. The molecule has 0 saturated heterocycles. The molecule has 8 nitrogen and oxygen atoms in total. The highest BCUT2D eigenvalue weighted by molar-refractivity contribution is 6.32. The number of pyridine rings is 2. The van der Waals surface area contributed by atoms with E-state index in [2.05, 4.69) is 20.6 Å². The van der Waals surface area contributed by atoms with Gasteiger partial charge in [-0.25, -0.2) is 0 Å². The first-order valence-corrected chi connectivity index (χ1v) is 9.73. The molecule has 4 heterocycles. The Morgan fingerprint density at radius 1 is 1.23 bits per heavy atom. The highest BCUT2D eigenvalue weighted by atomic mass is 35.5. The van der Waals surface area contributed by atoms with Crippen molar-refractivity contribution in [2.45, 2.75) is 6.54 Å². The second kappa shape index (κ2) is 7.31. The first-order valence-electron chi connectivity index (χ1n) is 9.35. The predicted molar refractivity (Wildman–Crippen MR) is 114 cm³/mol. The number of nitrogens with one attached hydrogen (secondary N) is 2. The lowest BCUT2D eigenvalue weighted by Gasteiger charge is -2.17. The number of hydrogen-bond acceptors (Lipinski definition) is 6. The molecule has 1 amide bonds. The summed E-state index contributed by atoms with van der Waals surface area (Å²) in [6.45, 7) is 1.09. The van der Waals surface area contributed by atoms with Crippen molar-refractivity contribution in [3.63, 3.8) is 0 Å². The van der Waals surface area contributed by atoms with Gasteiger partial charge in [0.25, 0.3) is 5.91 Å². The van der Waals surface area contributed by atoms with E-state index in [0.717, 1.165) is 16.5 Å². The molecule has 0 saturated carbocycles. The monoisotopic (exact) mass is 420 g/mol. The molecule has 0 aliphatic carbocycles. The third-order valence-corrected chi connectivity index (χ3v) is 5.30. The fourth-order valence-electron chi connectivity index (χ4n) is 3.67. The van der Waals surface area contributed by atoms with E-state index in [1.807, 2.05) is 24.3 Å². The van der Waals surface area contributed by atoms with E-state index in [1.165, 1.54) is 0 Å². The van der Waals surface area contributed by atoms with Gasteiger partial charge in [0.15, 0.2) is 5.75 Å². The van der Waals surface area contributed by atoms with E-state index >= 15 is 0 Å². The quantitative estimate of drug-likeness (QED) is 0.523. The van der Waals surface area contributed by atoms with Gasteiger partial charge >= 0.3 is 0 Å². The predicted octanol–water partition coefficient (Wildman–Crippen LogP) is 3.64. The van der Waals surface area contributed by atoms with E-state index in [-0.39, 0.29) is 5.91 Å². The lowest BCUT2D eigenvalue weighted by molar-refractivity contribution is 0.0925. The molecule has 0 bridgehead atoms. The first kappa shape index (κ1) is 18.4. The Hall–Kier alpha value is -3.65. The molecule has 30 heavy (non-hydrogen) atoms. The second-order valence-corrected chi connectivity index (χ2v) is 7.16. The zero-order chi connectivity index (χ0) is 20.7. The summed E-state index contributed by atoms with van der Waals surface area (Å²) in [4.78, 5) is 21.4. The molecule has 1 aliphatic rings. The Morgan fingerprint density at radius 3 is 3.00 bits per heavy atom. The van der Waals surface area contributed by atoms with Crippen molar-refractivity contribution >= 4 is 39.8 Å². The Labute approximate surface area is 176 Å². The van der Waals surface area contributed by atoms with Crippen LogP contribution in [0.15, 0.2) is 48.9 Å². The number of methoxy groups -OCH3 is 1. The number of carbonyl (C=O) groups is 1. The van der Waals surface area contributed by atoms with Gasteiger partial charge in [0.1, 0.15) is 11.4 Å². The number of amides is 1. The number of para-hydroxylation sites is 1. The Bertz CT molecular complexity index is 1280. The van der Waals surface area contributed by atoms with Gasteiger partial charge in [0, 0.05) is 36.1 Å². The molecule has 2 N–H and O–H groups in total. The van der Waals surface area contributed by atoms with Crippen LogP contribution in [0.5, 0.6) is 5.75 Å². The van der Waals surface area contributed by atoms with Crippen molar-refractivity contribution in [2.75, 3.05) is 19.0 Å². The van der Waals surface area contributed by atoms with Crippen molar-refractivity contribution in [1.82, 2.24) is 25.1 Å². The summed E-state index contributed by atoms with van der Waals surface area (Å²) in [5.41, 5.74) is 3.91. The minimum absolute atomic E-state index is 0.194. The number of carbonyl (C=O) groups excluding carboxylic acids is 1. The molecule has 0 radical (unpaired) electrons. The fourth-order valence-corrected chi connectivity index (χ4v) is 3.92. The summed E-state index contributed by atoms with van der Waals surface area (Å²) < 4.78 is 7.19. The largest absolute Gasteiger partial charge is 0.493 e. The maximum absolute atomic E-state index is 12.7. The van der Waals surface area contributed by atoms with Gasteiger partial charge in [-0.3, -0.25) is 19.4 Å². The van der Waals surface area contributed by atoms with Crippen LogP contribution in [0.25, 0.3) is 22.2 Å². The average molecular weight is 421 g/mol. The SMILES string of the molecule is COc1c(Cl)cccc1Nc1c(-c2ccnc3ccncc23)nn2c1C(=O)NCC2. The summed E-state index contributed by atoms with van der Waals surface area (Å²) in [7, 11) is 1.55. The molecule has 4 aromatic rings. The van der Waals surface area contributed by atoms with Gasteiger partial charge in [0.2, 0.25) is 0 Å². The number of halogens is 1. The minimum Gasteiger partial charge on any atom is -0.493 e. The molecule has 150 valence electrons. The molecular formula is C21H17ClN6O2. The zero-order valence-electron chi connectivity index (χ0n) is 16.0. The van der Waals surface area contributed by atoms with Crippen LogP contribution >= 0.6 is 11.6 Å². The van der Waals surface area contributed by atoms with Crippen LogP contribution in [0.4, 0.5) is 11.4 Å². The number of anilines is 2. The van der Waals surface area contributed by atoms with Crippen LogP contribution in [-0.4, -0.2) is 39.3 Å². The minimum atomic E-state index is -0.194. The summed E-state index contributed by atoms with van der Waals surface area (Å²) in [5, 5.41) is 12.3. The van der Waals surface area contributed by atoms with Gasteiger partial charge in [-0.2, -0.15) is 5.10 Å². The van der Waals surface area contributed by atoms with Crippen molar-refractivity contribution in [1.29, 1.82) is 0 Å². The summed E-state index contributed by atoms with van der Waals surface area (Å²) in [6, 6.07) is 9.11. The third kappa shape index (κ3) is 2.93. The van der Waals surface area contributed by atoms with Gasteiger partial charge < -0.3 is 15.4 Å². The van der Waals surface area contributed by atoms with Crippen LogP contribution in [0.2, 0.25) is 5.02 Å². The maximum Gasteiger partial charge on any atom is 0.271 e. The molecule has 5 rings (SSSR count). The zero-order valence-corrected chi connectivity index (χ0v) is 16.8. The van der Waals surface area contributed by atoms with E-state index in [4.69, 9.17) is 21.4 Å². The van der Waals surface area contributed by atoms with E-state index in [0.29, 0.717) is 46.6 Å². The standard InChI is InChI=1S/C21H17ClN6O2/c1-30-20-14(22)3-2-4-16(20)26-18-17(27-28-10-9-25-21(29)19(18)28)12-5-8-24-15-6-7-23-11-13(12)15/h2-8,11,26H,9-10H2,1H3,(H,25,29). The van der Waals surface area contributed by atoms with Crippen molar-refractivity contribution < 1.29 is 9.53 Å². The smallest absolute Gasteiger partial charge is 0.271 e. The van der Waals surface area contributed by atoms with Crippen LogP contribution in [0.1, 0.15) is 10.5 Å². The first-order chi connectivity index (χ1) is 14.7. The van der Waals surface area contributed by atoms with Gasteiger partial charge in [-0.15, -0.1) is 0 Å². The summed E-state index contributed by atoms with van der Waals surface area (Å²) in [5.74, 6) is 0.294. The van der Waals surface area contributed by atoms with Gasteiger partial charge in [0.05, 0.1) is 35.6 Å². The van der Waals surface area contributed by atoms with E-state index < -0.39 is 0 Å². The highest BCUT2D eigenvalue weighted by Gasteiger charge is 2.28. The number of hydrogen-bond donors (Lipinski definition) is 2. The number of fused-ring (bicyclic) bond motifs is 2. The molecule has 0 atom stereocenters. The number of ether oxygens (including phenoxy) is 1. The number of benzene rings is 1. The van der Waals surface area contributed by atoms with Crippen molar-refractivity contribution in [3.05, 3.63) is 59.6 Å². The molecule has 1 aromatic carbocycles. The molecular weight excluding hydrogens is 404 g/mol. The van der Waals surface area contributed by atoms with Crippen LogP contribution in [0, 0.1) is 0 Å². The Balaban J connectivity index is 1.75. The molecule has 0 spiro atoms. The number of rotatable bonds is 4. The molecule has 0 fully saturated rings. The summed E-state index contributed by atoms with van der Waals surface area (Å²) >= 11 is 6.30. The van der Waals surface area contributed by atoms with Crippen LogP contribution in [-0.2, 0) is 6.54 Å². The molecule has 9 heteroatoms. The lowest BCUT2D eigenvalue weighted by Crippen LogP contribution is -2.35. The van der Waals surface area contributed by atoms with Gasteiger partial charge in [-0.05, 0) is 24.3 Å². The van der Waals surface area contributed by atoms with Crippen LogP contribution in [0.3, 0.4) is 0 Å². The van der Waals surface area contributed by atoms with Crippen LogP contribution < -0.4 is 15.4 Å². The highest BCUT2D eigenvalue weighted by Crippen LogP contribution is 2.40. The summed E-state index contributed by atoms with van der Waals surface area (Å²) in [6.07, 6.45) is 5.17. The van der Waals surface area contributed by atoms with Gasteiger partial charge in [-0.1, -0.05) is 17.7 Å². The fraction of sp³-hybridized carbons (Fsp3) is 0.143. The molecule has 1 aliphatic heterocycles.